The molecule has 1 aromatic heterocycles. The third-order valence-corrected chi connectivity index (χ3v) is 8.71. The Morgan fingerprint density at radius 2 is 1.89 bits per heavy atom. The Morgan fingerprint density at radius 1 is 1.11 bits per heavy atom. The van der Waals surface area contributed by atoms with Gasteiger partial charge >= 0.3 is 0 Å². The summed E-state index contributed by atoms with van der Waals surface area (Å²) in [5.41, 5.74) is 0.922. The Morgan fingerprint density at radius 3 is 2.61 bits per heavy atom. The molecule has 9 heteroatoms. The lowest BCUT2D eigenvalue weighted by Crippen LogP contribution is -2.62. The first-order valence-electron chi connectivity index (χ1n) is 12.8. The van der Waals surface area contributed by atoms with E-state index in [0.29, 0.717) is 34.9 Å². The summed E-state index contributed by atoms with van der Waals surface area (Å²) in [5, 5.41) is 1.11. The van der Waals surface area contributed by atoms with E-state index in [2.05, 4.69) is 15.9 Å². The number of morpholine rings is 1. The molecule has 4 heterocycles. The number of carbonyl (C=O) groups excluding carboxylic acids is 1. The molecule has 1 aromatic carbocycles. The van der Waals surface area contributed by atoms with Crippen LogP contribution >= 0.6 is 23.2 Å². The van der Waals surface area contributed by atoms with Gasteiger partial charge in [0, 0.05) is 64.7 Å². The van der Waals surface area contributed by atoms with Crippen LogP contribution in [0.25, 0.3) is 0 Å². The number of rotatable bonds is 7. The number of hydrogen-bond donors (Lipinski definition) is 0. The molecule has 2 aromatic rings. The first kappa shape index (κ1) is 25.7. The van der Waals surface area contributed by atoms with E-state index in [9.17, 15) is 4.79 Å². The zero-order valence-corrected chi connectivity index (χ0v) is 22.6. The zero-order chi connectivity index (χ0) is 25.3. The Balaban J connectivity index is 1.36. The van der Waals surface area contributed by atoms with Crippen molar-refractivity contribution >= 4 is 40.7 Å². The van der Waals surface area contributed by atoms with E-state index in [4.69, 9.17) is 32.9 Å². The first-order valence-corrected chi connectivity index (χ1v) is 13.5. The maximum atomic E-state index is 13.1. The minimum Gasteiger partial charge on any atom is -0.379 e. The molecule has 0 bridgehead atoms. The predicted octanol–water partition coefficient (Wildman–Crippen LogP) is 3.93. The number of benzene rings is 1. The molecule has 0 saturated carbocycles. The second kappa shape index (κ2) is 10.8. The van der Waals surface area contributed by atoms with Gasteiger partial charge in [-0.25, -0.2) is 4.98 Å². The Labute approximate surface area is 223 Å². The van der Waals surface area contributed by atoms with E-state index in [1.165, 1.54) is 0 Å². The van der Waals surface area contributed by atoms with Crippen LogP contribution in [0.15, 0.2) is 36.4 Å². The van der Waals surface area contributed by atoms with Gasteiger partial charge < -0.3 is 14.5 Å². The zero-order valence-electron chi connectivity index (χ0n) is 21.1. The summed E-state index contributed by atoms with van der Waals surface area (Å²) in [6.07, 6.45) is 2.21. The van der Waals surface area contributed by atoms with Crippen LogP contribution in [0.4, 0.5) is 11.6 Å². The highest BCUT2D eigenvalue weighted by Crippen LogP contribution is 2.41. The lowest BCUT2D eigenvalue weighted by molar-refractivity contribution is -0.120. The molecule has 3 aliphatic rings. The van der Waals surface area contributed by atoms with Gasteiger partial charge in [0.05, 0.1) is 23.3 Å². The fourth-order valence-corrected chi connectivity index (χ4v) is 5.95. The number of nitrogens with zero attached hydrogens (tertiary/aromatic N) is 5. The fourth-order valence-electron chi connectivity index (χ4n) is 5.65. The molecule has 3 fully saturated rings. The molecule has 1 amide bonds. The molecule has 0 radical (unpaired) electrons. The molecule has 0 N–H and O–H groups in total. The largest absolute Gasteiger partial charge is 0.379 e. The number of likely N-dealkylation sites (tertiary alicyclic amines) is 1. The van der Waals surface area contributed by atoms with Crippen LogP contribution in [0.3, 0.4) is 0 Å². The van der Waals surface area contributed by atoms with Gasteiger partial charge in [-0.3, -0.25) is 14.6 Å². The molecule has 194 valence electrons. The van der Waals surface area contributed by atoms with Crippen LogP contribution in [-0.2, 0) is 14.9 Å². The van der Waals surface area contributed by atoms with Crippen LogP contribution in [0, 0.1) is 0 Å². The SMILES string of the molecule is CN(C)c1cccc(N2C[C@@](CCN3CC(N4CCOCC4)C3)(c3ccc(Cl)c(Cl)c3)CCC2=O)n1. The van der Waals surface area contributed by atoms with Gasteiger partial charge in [0.1, 0.15) is 11.6 Å². The number of halogens is 2. The number of ether oxygens (including phenoxy) is 1. The maximum Gasteiger partial charge on any atom is 0.228 e. The van der Waals surface area contributed by atoms with E-state index >= 15 is 0 Å². The molecule has 0 unspecified atom stereocenters. The summed E-state index contributed by atoms with van der Waals surface area (Å²) in [6.45, 7) is 7.47. The van der Waals surface area contributed by atoms with Crippen LogP contribution in [0.5, 0.6) is 0 Å². The minimum absolute atomic E-state index is 0.116. The third-order valence-electron chi connectivity index (χ3n) is 7.97. The molecular weight excluding hydrogens is 497 g/mol. The number of piperidine rings is 1. The van der Waals surface area contributed by atoms with Crippen LogP contribution in [0.2, 0.25) is 10.0 Å². The summed E-state index contributed by atoms with van der Waals surface area (Å²) in [5.74, 6) is 1.65. The molecular formula is C27H35Cl2N5O2. The summed E-state index contributed by atoms with van der Waals surface area (Å²) in [6, 6.07) is 12.4. The van der Waals surface area contributed by atoms with Crippen molar-refractivity contribution in [1.82, 2.24) is 14.8 Å². The van der Waals surface area contributed by atoms with Gasteiger partial charge in [0.15, 0.2) is 0 Å². The molecule has 3 aliphatic heterocycles. The lowest BCUT2D eigenvalue weighted by Gasteiger charge is -2.49. The smallest absolute Gasteiger partial charge is 0.228 e. The van der Waals surface area contributed by atoms with Crippen molar-refractivity contribution in [3.8, 4) is 0 Å². The minimum atomic E-state index is -0.220. The van der Waals surface area contributed by atoms with E-state index in [1.807, 2.05) is 54.2 Å². The standard InChI is InChI=1S/C27H35Cl2N5O2/c1-31(2)24-4-3-5-25(30-24)34-19-27(9-8-26(34)35,20-6-7-22(28)23(29)16-20)10-11-32-17-21(18-32)33-12-14-36-15-13-33/h3-7,16,21H,8-15,17-19H2,1-2H3/t27-/m1/s1. The third kappa shape index (κ3) is 5.36. The number of amides is 1. The second-order valence-electron chi connectivity index (χ2n) is 10.4. The van der Waals surface area contributed by atoms with Gasteiger partial charge in [-0.1, -0.05) is 35.3 Å². The predicted molar refractivity (Wildman–Crippen MR) is 146 cm³/mol. The number of anilines is 2. The normalized spacial score (nSPS) is 24.1. The van der Waals surface area contributed by atoms with Crippen molar-refractivity contribution in [2.45, 2.75) is 30.7 Å². The summed E-state index contributed by atoms with van der Waals surface area (Å²) < 4.78 is 5.51. The number of pyridine rings is 1. The second-order valence-corrected chi connectivity index (χ2v) is 11.3. The van der Waals surface area contributed by atoms with Crippen LogP contribution < -0.4 is 9.80 Å². The molecule has 0 spiro atoms. The average Bonchev–Trinajstić information content (AvgIpc) is 2.86. The number of aromatic nitrogens is 1. The lowest BCUT2D eigenvalue weighted by atomic mass is 9.71. The fraction of sp³-hybridized carbons (Fsp3) is 0.556. The monoisotopic (exact) mass is 531 g/mol. The van der Waals surface area contributed by atoms with Crippen LogP contribution in [-0.4, -0.2) is 93.3 Å². The highest BCUT2D eigenvalue weighted by molar-refractivity contribution is 6.42. The van der Waals surface area contributed by atoms with Crippen molar-refractivity contribution in [1.29, 1.82) is 0 Å². The van der Waals surface area contributed by atoms with Gasteiger partial charge in [-0.2, -0.15) is 0 Å². The van der Waals surface area contributed by atoms with Crippen molar-refractivity contribution < 1.29 is 9.53 Å². The number of hydrogen-bond acceptors (Lipinski definition) is 6. The molecule has 1 atom stereocenters. The van der Waals surface area contributed by atoms with Crippen molar-refractivity contribution in [2.75, 3.05) is 76.4 Å². The molecule has 0 aliphatic carbocycles. The Hall–Kier alpha value is -1.90. The topological polar surface area (TPSA) is 52.2 Å². The van der Waals surface area contributed by atoms with Crippen LogP contribution in [0.1, 0.15) is 24.8 Å². The van der Waals surface area contributed by atoms with Gasteiger partial charge in [0.25, 0.3) is 0 Å². The average molecular weight is 533 g/mol. The Bertz CT molecular complexity index is 1090. The van der Waals surface area contributed by atoms with Crippen molar-refractivity contribution in [2.24, 2.45) is 0 Å². The summed E-state index contributed by atoms with van der Waals surface area (Å²) in [7, 11) is 3.92. The molecule has 3 saturated heterocycles. The van der Waals surface area contributed by atoms with Crippen molar-refractivity contribution in [3.05, 3.63) is 52.0 Å². The first-order chi connectivity index (χ1) is 17.3. The molecule has 7 nitrogen and oxygen atoms in total. The Kier molecular flexibility index (Phi) is 7.75. The van der Waals surface area contributed by atoms with E-state index in [0.717, 1.165) is 70.2 Å². The van der Waals surface area contributed by atoms with Gasteiger partial charge in [0.2, 0.25) is 5.91 Å². The van der Waals surface area contributed by atoms with Gasteiger partial charge in [-0.05, 0) is 49.2 Å². The van der Waals surface area contributed by atoms with Gasteiger partial charge in [-0.15, -0.1) is 0 Å². The molecule has 5 rings (SSSR count). The summed E-state index contributed by atoms with van der Waals surface area (Å²) in [4.78, 5) is 26.8. The summed E-state index contributed by atoms with van der Waals surface area (Å²) >= 11 is 12.8. The maximum absolute atomic E-state index is 13.1. The highest BCUT2D eigenvalue weighted by atomic mass is 35.5. The van der Waals surface area contributed by atoms with E-state index < -0.39 is 0 Å². The highest BCUT2D eigenvalue weighted by Gasteiger charge is 2.42. The van der Waals surface area contributed by atoms with E-state index in [1.54, 1.807) is 0 Å². The quantitative estimate of drug-likeness (QED) is 0.539. The van der Waals surface area contributed by atoms with Crippen molar-refractivity contribution in [3.63, 3.8) is 0 Å². The number of carbonyl (C=O) groups is 1. The molecule has 36 heavy (non-hydrogen) atoms. The van der Waals surface area contributed by atoms with E-state index in [-0.39, 0.29) is 11.3 Å².